The number of aliphatic hydroxyl groups is 2. The number of carbonyl (C=O) groups excluding carboxylic acids is 6. The molecule has 0 aromatic rings. The Kier molecular flexibility index (Phi) is 56.5. The van der Waals surface area contributed by atoms with E-state index in [4.69, 9.17) is 19.7 Å². The van der Waals surface area contributed by atoms with Crippen LogP contribution in [0.5, 0.6) is 0 Å². The Balaban J connectivity index is -0.000000134. The van der Waals surface area contributed by atoms with Gasteiger partial charge >= 0.3 is 35.8 Å². The molecule has 0 fully saturated rings. The highest BCUT2D eigenvalue weighted by Gasteiger charge is 2.02. The van der Waals surface area contributed by atoms with Gasteiger partial charge in [0.25, 0.3) is 0 Å². The molecule has 0 rings (SSSR count). The van der Waals surface area contributed by atoms with Gasteiger partial charge in [-0.1, -0.05) is 79.5 Å². The van der Waals surface area contributed by atoms with Gasteiger partial charge < -0.3 is 43.5 Å². The molecule has 0 aliphatic heterocycles. The number of esters is 6. The lowest BCUT2D eigenvalue weighted by Crippen LogP contribution is -2.19. The summed E-state index contributed by atoms with van der Waals surface area (Å²) < 4.78 is 27.8. The van der Waals surface area contributed by atoms with Crippen LogP contribution in [-0.4, -0.2) is 124 Å². The van der Waals surface area contributed by atoms with E-state index in [0.29, 0.717) is 43.1 Å². The molecule has 0 aromatic carbocycles. The normalized spacial score (nSPS) is 8.84. The highest BCUT2D eigenvalue weighted by Crippen LogP contribution is 1.95. The van der Waals surface area contributed by atoms with E-state index in [9.17, 15) is 28.8 Å². The quantitative estimate of drug-likeness (QED) is 0.0609. The van der Waals surface area contributed by atoms with Crippen LogP contribution < -0.4 is 0 Å². The minimum atomic E-state index is -0.455. The molecule has 15 nitrogen and oxygen atoms in total. The predicted molar refractivity (Wildman–Crippen MR) is 218 cm³/mol. The fourth-order valence-electron chi connectivity index (χ4n) is 2.10. The number of hydrogen-bond donors (Lipinski definition) is 2. The largest absolute Gasteiger partial charge is 0.463 e. The summed E-state index contributed by atoms with van der Waals surface area (Å²) in [6, 6.07) is 0. The van der Waals surface area contributed by atoms with Crippen molar-refractivity contribution in [1.82, 2.24) is 4.90 Å². The monoisotopic (exact) mass is 801 g/mol. The van der Waals surface area contributed by atoms with Gasteiger partial charge in [0.05, 0.1) is 33.0 Å². The number of nitrogens with zero attached hydrogens (tertiary/aromatic N) is 1. The lowest BCUT2D eigenvalue weighted by Gasteiger charge is -2.07. The van der Waals surface area contributed by atoms with Gasteiger partial charge in [-0.3, -0.25) is 0 Å². The first-order valence-electron chi connectivity index (χ1n) is 18.0. The molecule has 324 valence electrons. The molecule has 0 aliphatic rings. The van der Waals surface area contributed by atoms with E-state index in [1.807, 2.05) is 32.8 Å². The lowest BCUT2D eigenvalue weighted by molar-refractivity contribution is -0.140. The molecule has 0 atom stereocenters. The molecule has 0 aromatic heterocycles. The number of unbranched alkanes of at least 4 members (excludes halogenated alkanes) is 3. The van der Waals surface area contributed by atoms with Gasteiger partial charge in [0, 0.05) is 41.5 Å². The average molecular weight is 802 g/mol. The van der Waals surface area contributed by atoms with Gasteiger partial charge in [-0.2, -0.15) is 0 Å². The predicted octanol–water partition coefficient (Wildman–Crippen LogP) is 5.41. The fourth-order valence-corrected chi connectivity index (χ4v) is 2.10. The van der Waals surface area contributed by atoms with E-state index in [1.54, 1.807) is 20.8 Å². The molecule has 0 bridgehead atoms. The van der Waals surface area contributed by atoms with Crippen LogP contribution >= 0.6 is 0 Å². The van der Waals surface area contributed by atoms with Crippen molar-refractivity contribution in [3.63, 3.8) is 0 Å². The molecular formula is C41H71NO14. The van der Waals surface area contributed by atoms with Crippen molar-refractivity contribution in [3.05, 3.63) is 74.4 Å². The molecule has 0 unspecified atom stereocenters. The maximum atomic E-state index is 10.7. The molecule has 0 amide bonds. The van der Waals surface area contributed by atoms with Crippen molar-refractivity contribution in [2.45, 2.75) is 80.1 Å². The molecule has 0 aliphatic carbocycles. The smallest absolute Gasteiger partial charge is 0.333 e. The second-order valence-corrected chi connectivity index (χ2v) is 11.2. The van der Waals surface area contributed by atoms with Crippen LogP contribution in [0.1, 0.15) is 80.1 Å². The second kappa shape index (κ2) is 50.1. The van der Waals surface area contributed by atoms with Crippen LogP contribution in [0.25, 0.3) is 0 Å². The van der Waals surface area contributed by atoms with Gasteiger partial charge in [-0.15, -0.1) is 0 Å². The summed E-state index contributed by atoms with van der Waals surface area (Å²) in [6.45, 7) is 33.4. The van der Waals surface area contributed by atoms with Crippen molar-refractivity contribution in [1.29, 1.82) is 0 Å². The zero-order chi connectivity index (χ0) is 44.7. The van der Waals surface area contributed by atoms with Gasteiger partial charge in [-0.05, 0) is 54.1 Å². The highest BCUT2D eigenvalue weighted by atomic mass is 16.6. The Morgan fingerprint density at radius 2 is 0.732 bits per heavy atom. The minimum absolute atomic E-state index is 0.0473. The van der Waals surface area contributed by atoms with E-state index in [2.05, 4.69) is 65.3 Å². The van der Waals surface area contributed by atoms with E-state index in [1.165, 1.54) is 12.2 Å². The van der Waals surface area contributed by atoms with Crippen LogP contribution in [-0.2, 0) is 57.2 Å². The van der Waals surface area contributed by atoms with Crippen LogP contribution in [0.4, 0.5) is 0 Å². The summed E-state index contributed by atoms with van der Waals surface area (Å²) in [4.78, 5) is 64.7. The second-order valence-electron chi connectivity index (χ2n) is 11.2. The van der Waals surface area contributed by atoms with Gasteiger partial charge in [0.1, 0.15) is 19.8 Å². The summed E-state index contributed by atoms with van der Waals surface area (Å²) in [5.74, 6) is -2.21. The van der Waals surface area contributed by atoms with E-state index >= 15 is 0 Å². The van der Waals surface area contributed by atoms with Crippen molar-refractivity contribution < 1.29 is 67.4 Å². The minimum Gasteiger partial charge on any atom is -0.463 e. The maximum absolute atomic E-state index is 10.7. The average Bonchev–Trinajstić information content (AvgIpc) is 3.16. The topological polar surface area (TPSA) is 201 Å². The molecule has 56 heavy (non-hydrogen) atoms. The standard InChI is InChI=1S/C8H14O2.C7H13NO2.2C7H12O2.2C6H10O3/c1-4-5-6-10-8(9)7(2)3;1-4-7(9)10-6-5-8(2)3;2*1-3-5-6-9-7(8)4-2;2*1-5(2)6(8)9-4-3-7/h2,4-6H2,1,3H3;4H,1,5-6H2,2-3H3;2*4H,2-3,5-6H2,1H3;2*7H,1,3-4H2,2H3. The van der Waals surface area contributed by atoms with Gasteiger partial charge in [0.2, 0.25) is 0 Å². The van der Waals surface area contributed by atoms with E-state index in [0.717, 1.165) is 51.1 Å². The Bertz CT molecular complexity index is 1070. The number of rotatable bonds is 22. The number of ether oxygens (including phenoxy) is 6. The zero-order valence-electron chi connectivity index (χ0n) is 35.3. The van der Waals surface area contributed by atoms with Crippen molar-refractivity contribution in [2.75, 3.05) is 73.5 Å². The first kappa shape index (κ1) is 63.1. The Labute approximate surface area is 335 Å². The molecular weight excluding hydrogens is 730 g/mol. The third kappa shape index (κ3) is 64.1. The summed E-state index contributed by atoms with van der Waals surface area (Å²) in [5, 5.41) is 16.4. The number of hydrogen-bond acceptors (Lipinski definition) is 15. The first-order valence-corrected chi connectivity index (χ1v) is 18.0. The number of likely N-dealkylation sites (N-methyl/N-ethyl adjacent to an activating group) is 1. The fraction of sp³-hybridized carbons (Fsp3) is 0.561. The number of carbonyl (C=O) groups is 6. The van der Waals surface area contributed by atoms with Crippen LogP contribution in [0.15, 0.2) is 74.4 Å². The molecule has 15 heteroatoms. The van der Waals surface area contributed by atoms with Crippen LogP contribution in [0.2, 0.25) is 0 Å². The molecule has 0 spiro atoms. The Morgan fingerprint density at radius 3 is 0.946 bits per heavy atom. The SMILES string of the molecule is C=C(C)C(=O)OCCCC.C=C(C)C(=O)OCCO.C=C(C)C(=O)OCCO.C=CC(=O)OCCCC.C=CC(=O)OCCCC.C=CC(=O)OCCN(C)C. The van der Waals surface area contributed by atoms with Crippen LogP contribution in [0.3, 0.4) is 0 Å². The molecule has 0 saturated carbocycles. The highest BCUT2D eigenvalue weighted by molar-refractivity contribution is 5.87. The van der Waals surface area contributed by atoms with Crippen LogP contribution in [0, 0.1) is 0 Å². The lowest BCUT2D eigenvalue weighted by atomic mass is 10.3. The Morgan fingerprint density at radius 1 is 0.482 bits per heavy atom. The summed E-state index contributed by atoms with van der Waals surface area (Å²) >= 11 is 0. The molecule has 0 heterocycles. The third-order valence-electron chi connectivity index (χ3n) is 5.19. The first-order chi connectivity index (χ1) is 26.3. The summed E-state index contributed by atoms with van der Waals surface area (Å²) in [5.41, 5.74) is 1.17. The maximum Gasteiger partial charge on any atom is 0.333 e. The van der Waals surface area contributed by atoms with Gasteiger partial charge in [0.15, 0.2) is 0 Å². The molecule has 0 saturated heterocycles. The zero-order valence-corrected chi connectivity index (χ0v) is 35.3. The summed E-state index contributed by atoms with van der Waals surface area (Å²) in [6.07, 6.45) is 9.44. The van der Waals surface area contributed by atoms with Crippen molar-refractivity contribution >= 4 is 35.8 Å². The summed E-state index contributed by atoms with van der Waals surface area (Å²) in [7, 11) is 3.84. The Hall–Kier alpha value is -4.86. The third-order valence-corrected chi connectivity index (χ3v) is 5.19. The van der Waals surface area contributed by atoms with E-state index in [-0.39, 0.29) is 50.3 Å². The van der Waals surface area contributed by atoms with Crippen molar-refractivity contribution in [2.24, 2.45) is 0 Å². The van der Waals surface area contributed by atoms with Crippen molar-refractivity contribution in [3.8, 4) is 0 Å². The van der Waals surface area contributed by atoms with Gasteiger partial charge in [-0.25, -0.2) is 28.8 Å². The number of aliphatic hydroxyl groups excluding tert-OH is 2. The molecule has 0 radical (unpaired) electrons. The van der Waals surface area contributed by atoms with E-state index < -0.39 is 11.9 Å². The molecule has 2 N–H and O–H groups in total.